The van der Waals surface area contributed by atoms with Crippen LogP contribution in [0.1, 0.15) is 38.7 Å². The molecular weight excluding hydrogens is 274 g/mol. The maximum absolute atomic E-state index is 8.70. The molecule has 0 amide bonds. The first-order valence-corrected chi connectivity index (χ1v) is 7.26. The Morgan fingerprint density at radius 3 is 2.55 bits per heavy atom. The van der Waals surface area contributed by atoms with Gasteiger partial charge in [-0.25, -0.2) is 0 Å². The first kappa shape index (κ1) is 16.8. The molecule has 0 spiro atoms. The fourth-order valence-electron chi connectivity index (χ4n) is 1.92. The Kier molecular flexibility index (Phi) is 6.82. The fourth-order valence-corrected chi connectivity index (χ4v) is 2.04. The van der Waals surface area contributed by atoms with Crippen molar-refractivity contribution in [2.45, 2.75) is 39.7 Å². The number of nitrogens with two attached hydrogens (primary N) is 1. The second-order valence-corrected chi connectivity index (χ2v) is 6.07. The van der Waals surface area contributed by atoms with Crippen LogP contribution in [0.25, 0.3) is 0 Å². The number of hydrogen-bond donors (Lipinski definition) is 3. The van der Waals surface area contributed by atoms with Crippen molar-refractivity contribution in [3.8, 4) is 0 Å². The zero-order valence-corrected chi connectivity index (χ0v) is 13.0. The van der Waals surface area contributed by atoms with Crippen molar-refractivity contribution < 1.29 is 5.21 Å². The average molecular weight is 298 g/mol. The summed E-state index contributed by atoms with van der Waals surface area (Å²) in [4.78, 5) is 0. The minimum Gasteiger partial charge on any atom is -0.409 e. The molecule has 1 aromatic carbocycles. The highest BCUT2D eigenvalue weighted by molar-refractivity contribution is 6.30. The lowest BCUT2D eigenvalue weighted by Gasteiger charge is -2.22. The molecule has 1 aromatic rings. The standard InChI is InChI=1S/C15H24ClN3O/c1-15(2,14(17)19-20)9-3-4-10-18-11-12-5-7-13(16)8-6-12/h5-8,18,20H,3-4,9-11H2,1-2H3,(H2,17,19). The van der Waals surface area contributed by atoms with E-state index in [1.165, 1.54) is 5.56 Å². The third-order valence-electron chi connectivity index (χ3n) is 3.45. The molecule has 112 valence electrons. The molecule has 0 aromatic heterocycles. The minimum absolute atomic E-state index is 0.245. The highest BCUT2D eigenvalue weighted by Gasteiger charge is 2.22. The molecule has 0 aliphatic carbocycles. The molecule has 20 heavy (non-hydrogen) atoms. The molecular formula is C15H24ClN3O. The maximum atomic E-state index is 8.70. The van der Waals surface area contributed by atoms with Crippen molar-refractivity contribution in [1.82, 2.24) is 5.32 Å². The highest BCUT2D eigenvalue weighted by atomic mass is 35.5. The van der Waals surface area contributed by atoms with Gasteiger partial charge in [0.15, 0.2) is 0 Å². The van der Waals surface area contributed by atoms with Gasteiger partial charge >= 0.3 is 0 Å². The molecule has 0 heterocycles. The number of benzene rings is 1. The van der Waals surface area contributed by atoms with E-state index in [1.54, 1.807) is 0 Å². The highest BCUT2D eigenvalue weighted by Crippen LogP contribution is 2.23. The number of halogens is 1. The van der Waals surface area contributed by atoms with Gasteiger partial charge in [0.25, 0.3) is 0 Å². The summed E-state index contributed by atoms with van der Waals surface area (Å²) in [6.45, 7) is 5.78. The third kappa shape index (κ3) is 5.80. The third-order valence-corrected chi connectivity index (χ3v) is 3.70. The monoisotopic (exact) mass is 297 g/mol. The molecule has 5 heteroatoms. The van der Waals surface area contributed by atoms with Crippen LogP contribution in [-0.4, -0.2) is 17.6 Å². The number of nitrogens with one attached hydrogen (secondary N) is 1. The Morgan fingerprint density at radius 2 is 1.95 bits per heavy atom. The number of rotatable bonds is 8. The summed E-state index contributed by atoms with van der Waals surface area (Å²) < 4.78 is 0. The molecule has 0 saturated carbocycles. The van der Waals surface area contributed by atoms with E-state index in [0.717, 1.165) is 37.4 Å². The lowest BCUT2D eigenvalue weighted by atomic mass is 9.86. The van der Waals surface area contributed by atoms with Crippen molar-refractivity contribution in [3.63, 3.8) is 0 Å². The van der Waals surface area contributed by atoms with Gasteiger partial charge in [-0.1, -0.05) is 49.2 Å². The van der Waals surface area contributed by atoms with Crippen LogP contribution >= 0.6 is 11.6 Å². The predicted molar refractivity (Wildman–Crippen MR) is 84.2 cm³/mol. The van der Waals surface area contributed by atoms with Crippen molar-refractivity contribution in [2.24, 2.45) is 16.3 Å². The van der Waals surface area contributed by atoms with E-state index in [4.69, 9.17) is 22.5 Å². The molecule has 0 saturated heterocycles. The first-order valence-electron chi connectivity index (χ1n) is 6.89. The fraction of sp³-hybridized carbons (Fsp3) is 0.533. The predicted octanol–water partition coefficient (Wildman–Crippen LogP) is 3.37. The van der Waals surface area contributed by atoms with E-state index >= 15 is 0 Å². The Balaban J connectivity index is 2.15. The SMILES string of the molecule is CC(C)(CCCCNCc1ccc(Cl)cc1)/C(N)=N/O. The van der Waals surface area contributed by atoms with Crippen molar-refractivity contribution in [3.05, 3.63) is 34.9 Å². The second kappa shape index (κ2) is 8.12. The largest absolute Gasteiger partial charge is 0.409 e. The van der Waals surface area contributed by atoms with Crippen LogP contribution in [-0.2, 0) is 6.54 Å². The topological polar surface area (TPSA) is 70.6 Å². The molecule has 0 atom stereocenters. The van der Waals surface area contributed by atoms with Gasteiger partial charge in [-0.05, 0) is 37.1 Å². The van der Waals surface area contributed by atoms with Crippen molar-refractivity contribution >= 4 is 17.4 Å². The van der Waals surface area contributed by atoms with Gasteiger partial charge < -0.3 is 16.3 Å². The lowest BCUT2D eigenvalue weighted by Crippen LogP contribution is -2.32. The molecule has 4 N–H and O–H groups in total. The summed E-state index contributed by atoms with van der Waals surface area (Å²) in [6, 6.07) is 7.85. The lowest BCUT2D eigenvalue weighted by molar-refractivity contribution is 0.304. The molecule has 0 radical (unpaired) electrons. The Bertz CT molecular complexity index is 429. The van der Waals surface area contributed by atoms with E-state index in [9.17, 15) is 0 Å². The molecule has 1 rings (SSSR count). The van der Waals surface area contributed by atoms with E-state index in [0.29, 0.717) is 5.84 Å². The van der Waals surface area contributed by atoms with E-state index in [1.807, 2.05) is 38.1 Å². The first-order chi connectivity index (χ1) is 9.45. The van der Waals surface area contributed by atoms with Gasteiger partial charge in [0, 0.05) is 17.0 Å². The van der Waals surface area contributed by atoms with Crippen LogP contribution in [0.2, 0.25) is 5.02 Å². The van der Waals surface area contributed by atoms with Gasteiger partial charge in [0.05, 0.1) is 0 Å². The van der Waals surface area contributed by atoms with Crippen LogP contribution in [0.5, 0.6) is 0 Å². The van der Waals surface area contributed by atoms with Crippen LogP contribution in [0.3, 0.4) is 0 Å². The number of amidine groups is 1. The number of unbranched alkanes of at least 4 members (excludes halogenated alkanes) is 1. The second-order valence-electron chi connectivity index (χ2n) is 5.63. The van der Waals surface area contributed by atoms with Gasteiger partial charge in [0.1, 0.15) is 5.84 Å². The molecule has 0 bridgehead atoms. The summed E-state index contributed by atoms with van der Waals surface area (Å²) >= 11 is 5.84. The van der Waals surface area contributed by atoms with E-state index in [-0.39, 0.29) is 5.41 Å². The summed E-state index contributed by atoms with van der Waals surface area (Å²) in [5.41, 5.74) is 6.64. The zero-order chi connectivity index (χ0) is 15.0. The van der Waals surface area contributed by atoms with E-state index < -0.39 is 0 Å². The Labute approximate surface area is 126 Å². The molecule has 0 unspecified atom stereocenters. The molecule has 0 aliphatic rings. The number of nitrogens with zero attached hydrogens (tertiary/aromatic N) is 1. The summed E-state index contributed by atoms with van der Waals surface area (Å²) in [5.74, 6) is 0.298. The Morgan fingerprint density at radius 1 is 1.30 bits per heavy atom. The maximum Gasteiger partial charge on any atom is 0.144 e. The van der Waals surface area contributed by atoms with Crippen molar-refractivity contribution in [2.75, 3.05) is 6.54 Å². The zero-order valence-electron chi connectivity index (χ0n) is 12.2. The van der Waals surface area contributed by atoms with E-state index in [2.05, 4.69) is 10.5 Å². The number of oxime groups is 1. The minimum atomic E-state index is -0.245. The quantitative estimate of drug-likeness (QED) is 0.226. The average Bonchev–Trinajstić information content (AvgIpc) is 2.43. The Hall–Kier alpha value is -1.26. The van der Waals surface area contributed by atoms with Crippen LogP contribution < -0.4 is 11.1 Å². The molecule has 0 fully saturated rings. The molecule has 0 aliphatic heterocycles. The summed E-state index contributed by atoms with van der Waals surface area (Å²) in [5, 5.41) is 15.9. The van der Waals surface area contributed by atoms with Crippen molar-refractivity contribution in [1.29, 1.82) is 0 Å². The van der Waals surface area contributed by atoms with Gasteiger partial charge in [-0.3, -0.25) is 0 Å². The van der Waals surface area contributed by atoms with Crippen LogP contribution in [0.4, 0.5) is 0 Å². The summed E-state index contributed by atoms with van der Waals surface area (Å²) in [7, 11) is 0. The van der Waals surface area contributed by atoms with Crippen LogP contribution in [0, 0.1) is 5.41 Å². The normalized spacial score (nSPS) is 12.7. The van der Waals surface area contributed by atoms with Gasteiger partial charge in [-0.2, -0.15) is 0 Å². The summed E-state index contributed by atoms with van der Waals surface area (Å²) in [6.07, 6.45) is 3.01. The smallest absolute Gasteiger partial charge is 0.144 e. The van der Waals surface area contributed by atoms with Gasteiger partial charge in [0.2, 0.25) is 0 Å². The van der Waals surface area contributed by atoms with Crippen LogP contribution in [0.15, 0.2) is 29.4 Å². The molecule has 4 nitrogen and oxygen atoms in total. The number of hydrogen-bond acceptors (Lipinski definition) is 3. The van der Waals surface area contributed by atoms with Gasteiger partial charge in [-0.15, -0.1) is 0 Å².